The summed E-state index contributed by atoms with van der Waals surface area (Å²) in [6, 6.07) is 5.83. The van der Waals surface area contributed by atoms with Crippen LogP contribution in [0.2, 0.25) is 0 Å². The molecule has 1 aromatic heterocycles. The van der Waals surface area contributed by atoms with Crippen LogP contribution in [0.4, 0.5) is 11.6 Å². The van der Waals surface area contributed by atoms with Gasteiger partial charge in [0.2, 0.25) is 5.95 Å². The van der Waals surface area contributed by atoms with Gasteiger partial charge in [-0.1, -0.05) is 26.8 Å². The Hall–Kier alpha value is -2.15. The third-order valence-electron chi connectivity index (χ3n) is 4.18. The van der Waals surface area contributed by atoms with Gasteiger partial charge in [-0.2, -0.15) is 0 Å². The van der Waals surface area contributed by atoms with Crippen molar-refractivity contribution in [2.75, 3.05) is 4.90 Å². The SMILES string of the molecule is CCc1nc2n(c1C(=O)O)CC(=O)N2c1ccc(C(C)C)cc1Br. The van der Waals surface area contributed by atoms with E-state index in [2.05, 4.69) is 34.8 Å². The molecule has 1 N–H and O–H groups in total. The van der Waals surface area contributed by atoms with Crippen LogP contribution in [-0.4, -0.2) is 26.5 Å². The highest BCUT2D eigenvalue weighted by Gasteiger charge is 2.36. The maximum atomic E-state index is 12.5. The molecular formula is C17H18BrN3O3. The molecule has 2 aromatic rings. The van der Waals surface area contributed by atoms with Crippen LogP contribution in [0.1, 0.15) is 48.4 Å². The van der Waals surface area contributed by atoms with Gasteiger partial charge in [-0.3, -0.25) is 9.36 Å². The van der Waals surface area contributed by atoms with Crippen molar-refractivity contribution < 1.29 is 14.7 Å². The third kappa shape index (κ3) is 2.53. The highest BCUT2D eigenvalue weighted by Crippen LogP contribution is 2.38. The quantitative estimate of drug-likeness (QED) is 0.861. The standard InChI is InChI=1S/C17H18BrN3O3/c1-4-12-15(16(23)24)20-8-14(22)21(17(20)19-12)13-6-5-10(9(2)3)7-11(13)18/h5-7,9H,4,8H2,1-3H3,(H,23,24). The molecule has 0 saturated heterocycles. The fourth-order valence-electron chi connectivity index (χ4n) is 2.92. The van der Waals surface area contributed by atoms with E-state index in [1.165, 1.54) is 9.47 Å². The number of anilines is 2. The maximum Gasteiger partial charge on any atom is 0.354 e. The lowest BCUT2D eigenvalue weighted by Crippen LogP contribution is -2.22. The Labute approximate surface area is 148 Å². The number of hydrogen-bond donors (Lipinski definition) is 1. The average molecular weight is 392 g/mol. The van der Waals surface area contributed by atoms with Gasteiger partial charge in [0.15, 0.2) is 5.69 Å². The Bertz CT molecular complexity index is 842. The molecule has 1 aliphatic rings. The minimum absolute atomic E-state index is 0.0116. The summed E-state index contributed by atoms with van der Waals surface area (Å²) < 4.78 is 2.26. The molecule has 7 heteroatoms. The largest absolute Gasteiger partial charge is 0.477 e. The Morgan fingerprint density at radius 2 is 2.12 bits per heavy atom. The van der Waals surface area contributed by atoms with Gasteiger partial charge in [0.25, 0.3) is 5.91 Å². The third-order valence-corrected chi connectivity index (χ3v) is 4.81. The van der Waals surface area contributed by atoms with Gasteiger partial charge in [0.1, 0.15) is 6.54 Å². The van der Waals surface area contributed by atoms with Crippen LogP contribution in [-0.2, 0) is 17.8 Å². The summed E-state index contributed by atoms with van der Waals surface area (Å²) >= 11 is 3.53. The molecule has 3 rings (SSSR count). The van der Waals surface area contributed by atoms with Crippen molar-refractivity contribution in [3.05, 3.63) is 39.6 Å². The van der Waals surface area contributed by atoms with Crippen LogP contribution in [0, 0.1) is 0 Å². The Balaban J connectivity index is 2.12. The normalized spacial score (nSPS) is 13.7. The molecule has 0 saturated carbocycles. The van der Waals surface area contributed by atoms with Crippen LogP contribution in [0.5, 0.6) is 0 Å². The number of carbonyl (C=O) groups is 2. The number of fused-ring (bicyclic) bond motifs is 1. The molecule has 0 bridgehead atoms. The van der Waals surface area contributed by atoms with Crippen LogP contribution in [0.3, 0.4) is 0 Å². The Morgan fingerprint density at radius 1 is 1.42 bits per heavy atom. The molecule has 126 valence electrons. The number of imidazole rings is 1. The predicted molar refractivity (Wildman–Crippen MR) is 93.9 cm³/mol. The van der Waals surface area contributed by atoms with Gasteiger partial charge < -0.3 is 5.11 Å². The highest BCUT2D eigenvalue weighted by molar-refractivity contribution is 9.10. The van der Waals surface area contributed by atoms with E-state index in [1.807, 2.05) is 25.1 Å². The average Bonchev–Trinajstić information content (AvgIpc) is 3.01. The van der Waals surface area contributed by atoms with Crippen molar-refractivity contribution in [2.45, 2.75) is 39.7 Å². The maximum absolute atomic E-state index is 12.5. The zero-order valence-corrected chi connectivity index (χ0v) is 15.3. The number of rotatable bonds is 4. The van der Waals surface area contributed by atoms with E-state index in [1.54, 1.807) is 0 Å². The fourth-order valence-corrected chi connectivity index (χ4v) is 3.49. The lowest BCUT2D eigenvalue weighted by atomic mass is 10.0. The first-order chi connectivity index (χ1) is 11.3. The van der Waals surface area contributed by atoms with E-state index >= 15 is 0 Å². The molecule has 1 amide bonds. The van der Waals surface area contributed by atoms with Gasteiger partial charge in [0.05, 0.1) is 11.4 Å². The van der Waals surface area contributed by atoms with Gasteiger partial charge in [-0.15, -0.1) is 0 Å². The number of nitrogens with zero attached hydrogens (tertiary/aromatic N) is 3. The van der Waals surface area contributed by atoms with E-state index in [-0.39, 0.29) is 18.1 Å². The molecule has 0 unspecified atom stereocenters. The molecule has 6 nitrogen and oxygen atoms in total. The lowest BCUT2D eigenvalue weighted by molar-refractivity contribution is -0.117. The second-order valence-electron chi connectivity index (χ2n) is 6.05. The van der Waals surface area contributed by atoms with Gasteiger partial charge in [0, 0.05) is 4.47 Å². The minimum atomic E-state index is -1.06. The first-order valence-corrected chi connectivity index (χ1v) is 8.59. The number of carbonyl (C=O) groups excluding carboxylic acids is 1. The summed E-state index contributed by atoms with van der Waals surface area (Å²) in [7, 11) is 0. The van der Waals surface area contributed by atoms with Crippen molar-refractivity contribution in [2.24, 2.45) is 0 Å². The molecule has 0 fully saturated rings. The predicted octanol–water partition coefficient (Wildman–Crippen LogP) is 3.71. The van der Waals surface area contributed by atoms with E-state index in [0.717, 1.165) is 10.0 Å². The number of benzene rings is 1. The zero-order valence-electron chi connectivity index (χ0n) is 13.7. The molecule has 24 heavy (non-hydrogen) atoms. The van der Waals surface area contributed by atoms with E-state index in [9.17, 15) is 14.7 Å². The van der Waals surface area contributed by atoms with Crippen LogP contribution in [0.25, 0.3) is 0 Å². The number of carboxylic acid groups (broad SMARTS) is 1. The van der Waals surface area contributed by atoms with E-state index in [0.29, 0.717) is 29.7 Å². The van der Waals surface area contributed by atoms with Crippen molar-refractivity contribution in [1.29, 1.82) is 0 Å². The van der Waals surface area contributed by atoms with Crippen molar-refractivity contribution in [3.63, 3.8) is 0 Å². The van der Waals surface area contributed by atoms with Crippen LogP contribution < -0.4 is 4.90 Å². The molecule has 2 heterocycles. The summed E-state index contributed by atoms with van der Waals surface area (Å²) in [5.41, 5.74) is 2.41. The van der Waals surface area contributed by atoms with E-state index in [4.69, 9.17) is 0 Å². The first kappa shape index (κ1) is 16.7. The van der Waals surface area contributed by atoms with E-state index < -0.39 is 5.97 Å². The number of aromatic carboxylic acids is 1. The topological polar surface area (TPSA) is 75.4 Å². The summed E-state index contributed by atoms with van der Waals surface area (Å²) in [6.45, 7) is 6.04. The number of halogens is 1. The number of hydrogen-bond acceptors (Lipinski definition) is 3. The fraction of sp³-hybridized carbons (Fsp3) is 0.353. The molecule has 0 atom stereocenters. The Morgan fingerprint density at radius 3 is 2.67 bits per heavy atom. The number of aromatic nitrogens is 2. The first-order valence-electron chi connectivity index (χ1n) is 7.80. The molecule has 1 aromatic carbocycles. The molecular weight excluding hydrogens is 374 g/mol. The van der Waals surface area contributed by atoms with Gasteiger partial charge in [-0.05, 0) is 46.0 Å². The van der Waals surface area contributed by atoms with Crippen molar-refractivity contribution in [3.8, 4) is 0 Å². The minimum Gasteiger partial charge on any atom is -0.477 e. The lowest BCUT2D eigenvalue weighted by Gasteiger charge is -2.17. The molecule has 0 aliphatic carbocycles. The summed E-state index contributed by atoms with van der Waals surface area (Å²) in [5.74, 6) is -0.515. The summed E-state index contributed by atoms with van der Waals surface area (Å²) in [6.07, 6.45) is 0.497. The summed E-state index contributed by atoms with van der Waals surface area (Å²) in [4.78, 5) is 29.9. The number of amides is 1. The van der Waals surface area contributed by atoms with Crippen LogP contribution in [0.15, 0.2) is 22.7 Å². The summed E-state index contributed by atoms with van der Waals surface area (Å²) in [5, 5.41) is 9.45. The number of aryl methyl sites for hydroxylation is 1. The number of carboxylic acids is 1. The second-order valence-corrected chi connectivity index (χ2v) is 6.90. The molecule has 0 spiro atoms. The molecule has 1 aliphatic heterocycles. The zero-order chi connectivity index (χ0) is 17.6. The highest BCUT2D eigenvalue weighted by atomic mass is 79.9. The van der Waals surface area contributed by atoms with Crippen LogP contribution >= 0.6 is 15.9 Å². The second kappa shape index (κ2) is 6.05. The smallest absolute Gasteiger partial charge is 0.354 e. The van der Waals surface area contributed by atoms with Crippen molar-refractivity contribution in [1.82, 2.24) is 9.55 Å². The monoisotopic (exact) mass is 391 g/mol. The van der Waals surface area contributed by atoms with Gasteiger partial charge in [-0.25, -0.2) is 14.7 Å². The van der Waals surface area contributed by atoms with Crippen molar-refractivity contribution >= 4 is 39.4 Å². The van der Waals surface area contributed by atoms with Gasteiger partial charge >= 0.3 is 5.97 Å². The Kier molecular flexibility index (Phi) is 4.21. The molecule has 0 radical (unpaired) electrons.